The smallest absolute Gasteiger partial charge is 0.229 e. The quantitative estimate of drug-likeness (QED) is 0.744. The van der Waals surface area contributed by atoms with Crippen molar-refractivity contribution < 1.29 is 8.42 Å². The van der Waals surface area contributed by atoms with Gasteiger partial charge in [-0.2, -0.15) is 0 Å². The van der Waals surface area contributed by atoms with Gasteiger partial charge in [-0.3, -0.25) is 4.72 Å². The van der Waals surface area contributed by atoms with Crippen molar-refractivity contribution in [2.45, 2.75) is 6.92 Å². The molecule has 0 spiro atoms. The van der Waals surface area contributed by atoms with E-state index in [4.69, 9.17) is 5.73 Å². The molecule has 0 saturated carbocycles. The van der Waals surface area contributed by atoms with Gasteiger partial charge in [-0.25, -0.2) is 8.42 Å². The predicted molar refractivity (Wildman–Crippen MR) is 65.6 cm³/mol. The Morgan fingerprint density at radius 1 is 1.44 bits per heavy atom. The highest BCUT2D eigenvalue weighted by Crippen LogP contribution is 2.17. The molecule has 0 saturated heterocycles. The Bertz CT molecular complexity index is 539. The van der Waals surface area contributed by atoms with Gasteiger partial charge in [-0.05, 0) is 24.6 Å². The highest BCUT2D eigenvalue weighted by Gasteiger charge is 2.05. The van der Waals surface area contributed by atoms with Crippen molar-refractivity contribution in [2.24, 2.45) is 5.73 Å². The molecule has 1 aromatic rings. The molecule has 0 amide bonds. The fraction of sp³-hybridized carbons (Fsp3) is 0.273. The molecular weight excluding hydrogens is 224 g/mol. The van der Waals surface area contributed by atoms with Crippen LogP contribution in [-0.2, 0) is 10.0 Å². The summed E-state index contributed by atoms with van der Waals surface area (Å²) in [5, 5.41) is 0. The summed E-state index contributed by atoms with van der Waals surface area (Å²) >= 11 is 0. The van der Waals surface area contributed by atoms with Crippen LogP contribution in [0.4, 0.5) is 5.69 Å². The number of aryl methyl sites for hydroxylation is 1. The average Bonchev–Trinajstić information content (AvgIpc) is 2.16. The topological polar surface area (TPSA) is 72.2 Å². The molecule has 0 aliphatic rings. The highest BCUT2D eigenvalue weighted by molar-refractivity contribution is 7.92. The normalized spacial score (nSPS) is 10.4. The first kappa shape index (κ1) is 12.6. The van der Waals surface area contributed by atoms with E-state index in [1.165, 1.54) is 0 Å². The van der Waals surface area contributed by atoms with Crippen molar-refractivity contribution in [3.63, 3.8) is 0 Å². The Labute approximate surface area is 95.9 Å². The molecule has 0 heterocycles. The minimum Gasteiger partial charge on any atom is -0.320 e. The maximum atomic E-state index is 11.1. The molecule has 86 valence electrons. The number of hydrogen-bond donors (Lipinski definition) is 2. The van der Waals surface area contributed by atoms with E-state index >= 15 is 0 Å². The van der Waals surface area contributed by atoms with Gasteiger partial charge in [0.05, 0.1) is 18.5 Å². The molecular formula is C11H14N2O2S. The van der Waals surface area contributed by atoms with Gasteiger partial charge < -0.3 is 5.73 Å². The van der Waals surface area contributed by atoms with Crippen molar-refractivity contribution in [2.75, 3.05) is 17.5 Å². The van der Waals surface area contributed by atoms with Crippen LogP contribution in [0.15, 0.2) is 18.2 Å². The predicted octanol–water partition coefficient (Wildman–Crippen LogP) is 0.677. The Balaban J connectivity index is 3.17. The molecule has 1 aromatic carbocycles. The summed E-state index contributed by atoms with van der Waals surface area (Å²) in [5.74, 6) is 5.54. The summed E-state index contributed by atoms with van der Waals surface area (Å²) in [7, 11) is -3.29. The van der Waals surface area contributed by atoms with Gasteiger partial charge in [0.1, 0.15) is 0 Å². The SMILES string of the molecule is Cc1ccc(NS(C)(=O)=O)c(C#CCN)c1. The van der Waals surface area contributed by atoms with E-state index in [1.807, 2.05) is 19.1 Å². The zero-order valence-electron chi connectivity index (χ0n) is 9.24. The van der Waals surface area contributed by atoms with E-state index in [0.29, 0.717) is 11.3 Å². The average molecular weight is 238 g/mol. The molecule has 0 bridgehead atoms. The zero-order valence-corrected chi connectivity index (χ0v) is 10.1. The summed E-state index contributed by atoms with van der Waals surface area (Å²) < 4.78 is 24.7. The fourth-order valence-electron chi connectivity index (χ4n) is 1.20. The number of anilines is 1. The molecule has 0 atom stereocenters. The lowest BCUT2D eigenvalue weighted by Crippen LogP contribution is -2.10. The van der Waals surface area contributed by atoms with Crippen LogP contribution in [0.1, 0.15) is 11.1 Å². The molecule has 0 aliphatic carbocycles. The molecule has 0 aromatic heterocycles. The second-order valence-corrected chi connectivity index (χ2v) is 5.18. The molecule has 0 radical (unpaired) electrons. The minimum atomic E-state index is -3.29. The van der Waals surface area contributed by atoms with Gasteiger partial charge >= 0.3 is 0 Å². The third kappa shape index (κ3) is 3.93. The van der Waals surface area contributed by atoms with Crippen LogP contribution in [0.3, 0.4) is 0 Å². The van der Waals surface area contributed by atoms with Crippen LogP contribution in [0.5, 0.6) is 0 Å². The number of rotatable bonds is 2. The molecule has 0 fully saturated rings. The molecule has 3 N–H and O–H groups in total. The molecule has 0 unspecified atom stereocenters. The van der Waals surface area contributed by atoms with Crippen molar-refractivity contribution in [1.29, 1.82) is 0 Å². The summed E-state index contributed by atoms with van der Waals surface area (Å²) in [6.07, 6.45) is 1.10. The van der Waals surface area contributed by atoms with Gasteiger partial charge in [-0.15, -0.1) is 0 Å². The third-order valence-electron chi connectivity index (χ3n) is 1.80. The van der Waals surface area contributed by atoms with Crippen LogP contribution in [0.25, 0.3) is 0 Å². The second kappa shape index (κ2) is 5.01. The summed E-state index contributed by atoms with van der Waals surface area (Å²) in [6.45, 7) is 2.16. The first-order chi connectivity index (χ1) is 7.42. The Morgan fingerprint density at radius 2 is 2.12 bits per heavy atom. The summed E-state index contributed by atoms with van der Waals surface area (Å²) in [4.78, 5) is 0. The van der Waals surface area contributed by atoms with Crippen LogP contribution in [0, 0.1) is 18.8 Å². The van der Waals surface area contributed by atoms with Crippen LogP contribution >= 0.6 is 0 Å². The van der Waals surface area contributed by atoms with E-state index < -0.39 is 10.0 Å². The molecule has 0 aliphatic heterocycles. The van der Waals surface area contributed by atoms with Crippen molar-refractivity contribution in [3.05, 3.63) is 29.3 Å². The maximum absolute atomic E-state index is 11.1. The number of nitrogens with one attached hydrogen (secondary N) is 1. The Hall–Kier alpha value is -1.51. The zero-order chi connectivity index (χ0) is 12.2. The van der Waals surface area contributed by atoms with Crippen molar-refractivity contribution >= 4 is 15.7 Å². The molecule has 5 heteroatoms. The molecule has 4 nitrogen and oxygen atoms in total. The second-order valence-electron chi connectivity index (χ2n) is 3.43. The third-order valence-corrected chi connectivity index (χ3v) is 2.39. The summed E-state index contributed by atoms with van der Waals surface area (Å²) in [6, 6.07) is 5.33. The Morgan fingerprint density at radius 3 is 2.69 bits per heavy atom. The van der Waals surface area contributed by atoms with Crippen LogP contribution < -0.4 is 10.5 Å². The summed E-state index contributed by atoms with van der Waals surface area (Å²) in [5.41, 5.74) is 7.41. The van der Waals surface area contributed by atoms with E-state index in [9.17, 15) is 8.42 Å². The number of sulfonamides is 1. The minimum absolute atomic E-state index is 0.242. The first-order valence-corrected chi connectivity index (χ1v) is 6.59. The Kier molecular flexibility index (Phi) is 3.93. The van der Waals surface area contributed by atoms with Crippen LogP contribution in [-0.4, -0.2) is 21.2 Å². The molecule has 1 rings (SSSR count). The van der Waals surface area contributed by atoms with E-state index in [-0.39, 0.29) is 6.54 Å². The first-order valence-electron chi connectivity index (χ1n) is 4.70. The van der Waals surface area contributed by atoms with E-state index in [2.05, 4.69) is 16.6 Å². The largest absolute Gasteiger partial charge is 0.320 e. The van der Waals surface area contributed by atoms with Gasteiger partial charge in [0, 0.05) is 5.56 Å². The lowest BCUT2D eigenvalue weighted by Gasteiger charge is -2.07. The maximum Gasteiger partial charge on any atom is 0.229 e. The molecule has 16 heavy (non-hydrogen) atoms. The number of nitrogens with two attached hydrogens (primary N) is 1. The fourth-order valence-corrected chi connectivity index (χ4v) is 1.77. The van der Waals surface area contributed by atoms with Crippen LogP contribution in [0.2, 0.25) is 0 Å². The van der Waals surface area contributed by atoms with E-state index in [1.54, 1.807) is 6.07 Å². The highest BCUT2D eigenvalue weighted by atomic mass is 32.2. The van der Waals surface area contributed by atoms with Gasteiger partial charge in [-0.1, -0.05) is 17.9 Å². The van der Waals surface area contributed by atoms with Crippen molar-refractivity contribution in [1.82, 2.24) is 0 Å². The monoisotopic (exact) mass is 238 g/mol. The van der Waals surface area contributed by atoms with Gasteiger partial charge in [0.25, 0.3) is 0 Å². The lowest BCUT2D eigenvalue weighted by molar-refractivity contribution is 0.607. The lowest BCUT2D eigenvalue weighted by atomic mass is 10.1. The van der Waals surface area contributed by atoms with Gasteiger partial charge in [0.2, 0.25) is 10.0 Å². The van der Waals surface area contributed by atoms with Crippen molar-refractivity contribution in [3.8, 4) is 11.8 Å². The van der Waals surface area contributed by atoms with E-state index in [0.717, 1.165) is 11.8 Å². The number of hydrogen-bond acceptors (Lipinski definition) is 3. The van der Waals surface area contributed by atoms with Gasteiger partial charge in [0.15, 0.2) is 0 Å². The standard InChI is InChI=1S/C11H14N2O2S/c1-9-5-6-11(13-16(2,14)15)10(8-9)4-3-7-12/h5-6,8,13H,7,12H2,1-2H3. The number of benzene rings is 1.